The summed E-state index contributed by atoms with van der Waals surface area (Å²) in [4.78, 5) is 53.0. The SMILES string of the molecule is O=C(CSc1cccc(NC(=O)c2ccc(C(=O)O)cc2C(=O)O)c1)Nc1nc(-c2ccccc2Cl)cs1. The molecule has 2 amide bonds. The number of hydrogen-bond acceptors (Lipinski definition) is 7. The first kappa shape index (κ1) is 26.9. The minimum atomic E-state index is -1.42. The van der Waals surface area contributed by atoms with E-state index in [4.69, 9.17) is 16.7 Å². The van der Waals surface area contributed by atoms with Crippen molar-refractivity contribution in [2.24, 2.45) is 0 Å². The van der Waals surface area contributed by atoms with Crippen molar-refractivity contribution in [1.29, 1.82) is 0 Å². The number of rotatable bonds is 9. The van der Waals surface area contributed by atoms with Crippen LogP contribution in [0.15, 0.2) is 77.0 Å². The minimum Gasteiger partial charge on any atom is -0.478 e. The van der Waals surface area contributed by atoms with Crippen molar-refractivity contribution in [2.45, 2.75) is 4.90 Å². The summed E-state index contributed by atoms with van der Waals surface area (Å²) in [6.45, 7) is 0. The summed E-state index contributed by atoms with van der Waals surface area (Å²) in [5, 5.41) is 26.7. The average molecular weight is 568 g/mol. The number of thiazole rings is 1. The Hall–Kier alpha value is -4.19. The first-order chi connectivity index (χ1) is 18.2. The van der Waals surface area contributed by atoms with Gasteiger partial charge in [-0.25, -0.2) is 14.6 Å². The molecule has 4 N–H and O–H groups in total. The molecule has 3 aromatic carbocycles. The molecular weight excluding hydrogens is 550 g/mol. The largest absolute Gasteiger partial charge is 0.478 e. The number of nitrogens with zero attached hydrogens (tertiary/aromatic N) is 1. The molecule has 0 aliphatic heterocycles. The lowest BCUT2D eigenvalue weighted by molar-refractivity contribution is -0.113. The third kappa shape index (κ3) is 6.57. The summed E-state index contributed by atoms with van der Waals surface area (Å²) in [5.41, 5.74) is 0.962. The number of aromatic nitrogens is 1. The van der Waals surface area contributed by atoms with Crippen LogP contribution in [0.4, 0.5) is 10.8 Å². The van der Waals surface area contributed by atoms with E-state index in [1.54, 1.807) is 35.7 Å². The van der Waals surface area contributed by atoms with Crippen LogP contribution in [0.5, 0.6) is 0 Å². The zero-order valence-corrected chi connectivity index (χ0v) is 21.7. The van der Waals surface area contributed by atoms with E-state index in [1.807, 2.05) is 18.2 Å². The highest BCUT2D eigenvalue weighted by Crippen LogP contribution is 2.30. The highest BCUT2D eigenvalue weighted by atomic mass is 35.5. The summed E-state index contributed by atoms with van der Waals surface area (Å²) in [6, 6.07) is 17.2. The number of thioether (sulfide) groups is 1. The fourth-order valence-corrected chi connectivity index (χ4v) is 5.06. The zero-order valence-electron chi connectivity index (χ0n) is 19.3. The predicted molar refractivity (Wildman–Crippen MR) is 147 cm³/mol. The number of amides is 2. The molecule has 1 aromatic heterocycles. The number of benzene rings is 3. The number of nitrogens with one attached hydrogen (secondary N) is 2. The molecule has 0 saturated carbocycles. The number of carbonyl (C=O) groups is 4. The van der Waals surface area contributed by atoms with Crippen LogP contribution in [0, 0.1) is 0 Å². The van der Waals surface area contributed by atoms with Crippen LogP contribution in [0.2, 0.25) is 5.02 Å². The van der Waals surface area contributed by atoms with Gasteiger partial charge in [0.05, 0.1) is 28.1 Å². The topological polar surface area (TPSA) is 146 Å². The molecule has 0 atom stereocenters. The minimum absolute atomic E-state index is 0.0816. The van der Waals surface area contributed by atoms with E-state index in [0.717, 1.165) is 23.8 Å². The van der Waals surface area contributed by atoms with Gasteiger partial charge in [-0.05, 0) is 42.5 Å². The number of carboxylic acid groups (broad SMARTS) is 2. The average Bonchev–Trinajstić information content (AvgIpc) is 3.35. The molecule has 1 heterocycles. The maximum absolute atomic E-state index is 12.7. The number of carboxylic acids is 2. The smallest absolute Gasteiger partial charge is 0.336 e. The van der Waals surface area contributed by atoms with Gasteiger partial charge in [-0.15, -0.1) is 23.1 Å². The molecule has 9 nitrogen and oxygen atoms in total. The Labute approximate surface area is 229 Å². The van der Waals surface area contributed by atoms with Crippen LogP contribution in [0.25, 0.3) is 11.3 Å². The molecular formula is C26H18ClN3O6S2. The Morgan fingerprint density at radius 1 is 0.895 bits per heavy atom. The Kier molecular flexibility index (Phi) is 8.41. The van der Waals surface area contributed by atoms with Crippen molar-refractivity contribution < 1.29 is 29.4 Å². The molecule has 0 aliphatic carbocycles. The van der Waals surface area contributed by atoms with Crippen LogP contribution in [-0.2, 0) is 4.79 Å². The fourth-order valence-electron chi connectivity index (χ4n) is 3.34. The van der Waals surface area contributed by atoms with Crippen molar-refractivity contribution in [2.75, 3.05) is 16.4 Å². The number of aromatic carboxylic acids is 2. The Morgan fingerprint density at radius 3 is 2.42 bits per heavy atom. The molecule has 0 saturated heterocycles. The normalized spacial score (nSPS) is 10.6. The Morgan fingerprint density at radius 2 is 1.68 bits per heavy atom. The van der Waals surface area contributed by atoms with Gasteiger partial charge in [0.15, 0.2) is 5.13 Å². The van der Waals surface area contributed by atoms with Gasteiger partial charge in [0.2, 0.25) is 5.91 Å². The third-order valence-corrected chi connectivity index (χ3v) is 7.18. The van der Waals surface area contributed by atoms with E-state index in [1.165, 1.54) is 23.1 Å². The van der Waals surface area contributed by atoms with Crippen molar-refractivity contribution in [1.82, 2.24) is 4.98 Å². The summed E-state index contributed by atoms with van der Waals surface area (Å²) in [6.07, 6.45) is 0. The second-order valence-corrected chi connectivity index (χ2v) is 10.0. The lowest BCUT2D eigenvalue weighted by atomic mass is 10.0. The standard InChI is InChI=1S/C26H18ClN3O6S2/c27-20-7-2-1-6-18(20)21-12-38-26(29-21)30-22(31)13-37-16-5-3-4-15(11-16)28-23(32)17-9-8-14(24(33)34)10-19(17)25(35)36/h1-12H,13H2,(H,28,32)(H,33,34)(H,35,36)(H,29,30,31). The number of hydrogen-bond donors (Lipinski definition) is 4. The summed E-state index contributed by atoms with van der Waals surface area (Å²) in [7, 11) is 0. The first-order valence-electron chi connectivity index (χ1n) is 10.9. The van der Waals surface area contributed by atoms with Crippen LogP contribution >= 0.6 is 34.7 Å². The highest BCUT2D eigenvalue weighted by molar-refractivity contribution is 8.00. The van der Waals surface area contributed by atoms with Crippen molar-refractivity contribution >= 4 is 69.3 Å². The van der Waals surface area contributed by atoms with Gasteiger partial charge < -0.3 is 20.8 Å². The van der Waals surface area contributed by atoms with Crippen LogP contribution < -0.4 is 10.6 Å². The molecule has 0 bridgehead atoms. The summed E-state index contributed by atoms with van der Waals surface area (Å²) >= 11 is 8.73. The lowest BCUT2D eigenvalue weighted by Crippen LogP contribution is -2.17. The number of carbonyl (C=O) groups excluding carboxylic acids is 2. The van der Waals surface area contributed by atoms with Crippen molar-refractivity contribution in [3.63, 3.8) is 0 Å². The van der Waals surface area contributed by atoms with E-state index in [0.29, 0.717) is 26.4 Å². The molecule has 0 unspecified atom stereocenters. The fraction of sp³-hybridized carbons (Fsp3) is 0.0385. The van der Waals surface area contributed by atoms with Gasteiger partial charge >= 0.3 is 11.9 Å². The first-order valence-corrected chi connectivity index (χ1v) is 13.1. The second-order valence-electron chi connectivity index (χ2n) is 7.71. The maximum atomic E-state index is 12.7. The molecule has 0 fully saturated rings. The molecule has 192 valence electrons. The quantitative estimate of drug-likeness (QED) is 0.184. The van der Waals surface area contributed by atoms with Gasteiger partial charge in [0.25, 0.3) is 5.91 Å². The second kappa shape index (κ2) is 11.9. The molecule has 4 rings (SSSR count). The van der Waals surface area contributed by atoms with Gasteiger partial charge in [0.1, 0.15) is 0 Å². The molecule has 38 heavy (non-hydrogen) atoms. The van der Waals surface area contributed by atoms with Crippen LogP contribution in [0.1, 0.15) is 31.1 Å². The summed E-state index contributed by atoms with van der Waals surface area (Å²) < 4.78 is 0. The van der Waals surface area contributed by atoms with Crippen LogP contribution in [-0.4, -0.2) is 44.7 Å². The van der Waals surface area contributed by atoms with Crippen molar-refractivity contribution in [3.8, 4) is 11.3 Å². The van der Waals surface area contributed by atoms with Gasteiger partial charge in [-0.1, -0.05) is 35.9 Å². The Bertz CT molecular complexity index is 1560. The van der Waals surface area contributed by atoms with E-state index in [-0.39, 0.29) is 22.8 Å². The zero-order chi connectivity index (χ0) is 27.2. The van der Waals surface area contributed by atoms with Crippen LogP contribution in [0.3, 0.4) is 0 Å². The highest BCUT2D eigenvalue weighted by Gasteiger charge is 2.19. The maximum Gasteiger partial charge on any atom is 0.336 e. The Balaban J connectivity index is 1.37. The van der Waals surface area contributed by atoms with E-state index in [9.17, 15) is 24.3 Å². The molecule has 12 heteroatoms. The van der Waals surface area contributed by atoms with Crippen molar-refractivity contribution in [3.05, 3.63) is 93.8 Å². The summed E-state index contributed by atoms with van der Waals surface area (Å²) in [5.74, 6) is -3.62. The molecule has 0 radical (unpaired) electrons. The number of anilines is 2. The van der Waals surface area contributed by atoms with E-state index >= 15 is 0 Å². The lowest BCUT2D eigenvalue weighted by Gasteiger charge is -2.10. The van der Waals surface area contributed by atoms with Gasteiger partial charge in [0, 0.05) is 26.5 Å². The van der Waals surface area contributed by atoms with E-state index < -0.39 is 23.4 Å². The molecule has 0 aliphatic rings. The number of halogens is 1. The van der Waals surface area contributed by atoms with E-state index in [2.05, 4.69) is 15.6 Å². The third-order valence-electron chi connectivity index (χ3n) is 5.10. The van der Waals surface area contributed by atoms with Gasteiger partial charge in [-0.3, -0.25) is 9.59 Å². The predicted octanol–water partition coefficient (Wildman–Crippen LogP) is 5.84. The molecule has 0 spiro atoms. The monoisotopic (exact) mass is 567 g/mol. The van der Waals surface area contributed by atoms with Gasteiger partial charge in [-0.2, -0.15) is 0 Å². The molecule has 4 aromatic rings.